The Morgan fingerprint density at radius 2 is 1.62 bits per heavy atom. The van der Waals surface area contributed by atoms with E-state index in [0.717, 1.165) is 11.0 Å². The molecule has 1 aliphatic carbocycles. The van der Waals surface area contributed by atoms with Crippen molar-refractivity contribution in [1.29, 1.82) is 0 Å². The van der Waals surface area contributed by atoms with Gasteiger partial charge in [0.2, 0.25) is 5.91 Å². The van der Waals surface area contributed by atoms with E-state index in [2.05, 4.69) is 5.32 Å². The second kappa shape index (κ2) is 6.14. The number of aromatic nitrogens is 2. The average molecular weight is 331 g/mol. The zero-order valence-electron chi connectivity index (χ0n) is 13.8. The van der Waals surface area contributed by atoms with Crippen LogP contribution >= 0.6 is 0 Å². The highest BCUT2D eigenvalue weighted by atomic mass is 16.4. The standard InChI is InChI=1S/C17H21N3O4/c1-19-13-8-7-12(9-14(13)20(2)17(19)24)18-15(21)10-3-5-11(6-4-10)16(22)23/h7-11H,3-6H2,1-2H3,(H,18,21)(H,22,23). The molecule has 0 saturated heterocycles. The molecule has 1 aliphatic rings. The van der Waals surface area contributed by atoms with Gasteiger partial charge in [-0.25, -0.2) is 4.79 Å². The molecule has 0 bridgehead atoms. The van der Waals surface area contributed by atoms with Crippen LogP contribution in [0.3, 0.4) is 0 Å². The number of hydrogen-bond donors (Lipinski definition) is 2. The molecule has 1 amide bonds. The van der Waals surface area contributed by atoms with E-state index in [0.29, 0.717) is 31.4 Å². The van der Waals surface area contributed by atoms with Gasteiger partial charge < -0.3 is 10.4 Å². The number of carbonyl (C=O) groups excluding carboxylic acids is 1. The quantitative estimate of drug-likeness (QED) is 0.895. The summed E-state index contributed by atoms with van der Waals surface area (Å²) in [6.07, 6.45) is 2.27. The Labute approximate surface area is 138 Å². The number of nitrogens with one attached hydrogen (secondary N) is 1. The van der Waals surface area contributed by atoms with Crippen molar-refractivity contribution in [3.8, 4) is 0 Å². The Morgan fingerprint density at radius 3 is 2.25 bits per heavy atom. The number of benzene rings is 1. The van der Waals surface area contributed by atoms with E-state index in [-0.39, 0.29) is 23.4 Å². The fraction of sp³-hybridized carbons (Fsp3) is 0.471. The molecular formula is C17H21N3O4. The van der Waals surface area contributed by atoms with E-state index in [9.17, 15) is 14.4 Å². The number of amides is 1. The third-order valence-electron chi connectivity index (χ3n) is 4.99. The van der Waals surface area contributed by atoms with Gasteiger partial charge in [0.1, 0.15) is 0 Å². The lowest BCUT2D eigenvalue weighted by Gasteiger charge is -2.25. The SMILES string of the molecule is Cn1c(=O)n(C)c2cc(NC(=O)C3CCC(C(=O)O)CC3)ccc21. The Kier molecular flexibility index (Phi) is 4.17. The Morgan fingerprint density at radius 1 is 1.04 bits per heavy atom. The molecule has 1 aromatic carbocycles. The number of aliphatic carboxylic acids is 1. The predicted octanol–water partition coefficient (Wildman–Crippen LogP) is 1.71. The molecule has 0 aliphatic heterocycles. The smallest absolute Gasteiger partial charge is 0.328 e. The van der Waals surface area contributed by atoms with Crippen molar-refractivity contribution in [3.05, 3.63) is 28.7 Å². The summed E-state index contributed by atoms with van der Waals surface area (Å²) in [6, 6.07) is 5.38. The van der Waals surface area contributed by atoms with Crippen LogP contribution in [-0.2, 0) is 23.7 Å². The summed E-state index contributed by atoms with van der Waals surface area (Å²) >= 11 is 0. The van der Waals surface area contributed by atoms with Gasteiger partial charge in [0.05, 0.1) is 17.0 Å². The van der Waals surface area contributed by atoms with Crippen molar-refractivity contribution in [3.63, 3.8) is 0 Å². The number of nitrogens with zero attached hydrogens (tertiary/aromatic N) is 2. The van der Waals surface area contributed by atoms with Gasteiger partial charge in [0, 0.05) is 25.7 Å². The number of fused-ring (bicyclic) bond motifs is 1. The van der Waals surface area contributed by atoms with E-state index in [1.165, 1.54) is 0 Å². The molecule has 0 unspecified atom stereocenters. The lowest BCUT2D eigenvalue weighted by molar-refractivity contribution is -0.143. The number of anilines is 1. The second-order valence-electron chi connectivity index (χ2n) is 6.48. The molecule has 1 fully saturated rings. The maximum absolute atomic E-state index is 12.4. The number of carboxylic acids is 1. The maximum Gasteiger partial charge on any atom is 0.328 e. The summed E-state index contributed by atoms with van der Waals surface area (Å²) in [7, 11) is 3.41. The van der Waals surface area contributed by atoms with Gasteiger partial charge in [0.15, 0.2) is 0 Å². The molecule has 24 heavy (non-hydrogen) atoms. The molecule has 2 N–H and O–H groups in total. The van der Waals surface area contributed by atoms with Crippen LogP contribution < -0.4 is 11.0 Å². The first kappa shape index (κ1) is 16.3. The van der Waals surface area contributed by atoms with Crippen molar-refractivity contribution >= 4 is 28.6 Å². The van der Waals surface area contributed by atoms with Crippen LogP contribution in [0, 0.1) is 11.8 Å². The summed E-state index contributed by atoms with van der Waals surface area (Å²) < 4.78 is 3.11. The fourth-order valence-corrected chi connectivity index (χ4v) is 3.43. The molecule has 0 radical (unpaired) electrons. The molecular weight excluding hydrogens is 310 g/mol. The van der Waals surface area contributed by atoms with Gasteiger partial charge >= 0.3 is 11.7 Å². The topological polar surface area (TPSA) is 93.3 Å². The van der Waals surface area contributed by atoms with Crippen LogP contribution in [0.25, 0.3) is 11.0 Å². The summed E-state index contributed by atoms with van der Waals surface area (Å²) in [5.41, 5.74) is 2.10. The average Bonchev–Trinajstić information content (AvgIpc) is 2.79. The third-order valence-corrected chi connectivity index (χ3v) is 4.99. The zero-order chi connectivity index (χ0) is 17.4. The van der Waals surface area contributed by atoms with Crippen LogP contribution in [0.2, 0.25) is 0 Å². The van der Waals surface area contributed by atoms with Crippen LogP contribution in [-0.4, -0.2) is 26.1 Å². The Balaban J connectivity index is 1.73. The fourth-order valence-electron chi connectivity index (χ4n) is 3.43. The second-order valence-corrected chi connectivity index (χ2v) is 6.48. The van der Waals surface area contributed by atoms with Gasteiger partial charge in [-0.05, 0) is 43.9 Å². The molecule has 0 atom stereocenters. The summed E-state index contributed by atoms with van der Waals surface area (Å²) in [5.74, 6) is -1.34. The number of imidazole rings is 1. The van der Waals surface area contributed by atoms with Gasteiger partial charge in [-0.1, -0.05) is 0 Å². The minimum Gasteiger partial charge on any atom is -0.481 e. The highest BCUT2D eigenvalue weighted by Crippen LogP contribution is 2.30. The van der Waals surface area contributed by atoms with Crippen molar-refractivity contribution < 1.29 is 14.7 Å². The van der Waals surface area contributed by atoms with Gasteiger partial charge in [0.25, 0.3) is 0 Å². The monoisotopic (exact) mass is 331 g/mol. The van der Waals surface area contributed by atoms with E-state index < -0.39 is 5.97 Å². The van der Waals surface area contributed by atoms with E-state index in [1.54, 1.807) is 35.4 Å². The minimum absolute atomic E-state index is 0.0841. The van der Waals surface area contributed by atoms with Gasteiger partial charge in [-0.3, -0.25) is 18.7 Å². The third kappa shape index (κ3) is 2.81. The van der Waals surface area contributed by atoms with Crippen LogP contribution in [0.15, 0.2) is 23.0 Å². The van der Waals surface area contributed by atoms with E-state index in [4.69, 9.17) is 5.11 Å². The Hall–Kier alpha value is -2.57. The lowest BCUT2D eigenvalue weighted by Crippen LogP contribution is -2.29. The van der Waals surface area contributed by atoms with Crippen molar-refractivity contribution in [2.45, 2.75) is 25.7 Å². The lowest BCUT2D eigenvalue weighted by atomic mass is 9.81. The first-order chi connectivity index (χ1) is 11.4. The molecule has 3 rings (SSSR count). The highest BCUT2D eigenvalue weighted by molar-refractivity contribution is 5.94. The summed E-state index contributed by atoms with van der Waals surface area (Å²) in [5, 5.41) is 11.9. The number of carboxylic acid groups (broad SMARTS) is 1. The number of rotatable bonds is 3. The molecule has 0 spiro atoms. The first-order valence-electron chi connectivity index (χ1n) is 8.07. The molecule has 1 heterocycles. The largest absolute Gasteiger partial charge is 0.481 e. The summed E-state index contributed by atoms with van der Waals surface area (Å²) in [6.45, 7) is 0. The van der Waals surface area contributed by atoms with Gasteiger partial charge in [-0.15, -0.1) is 0 Å². The maximum atomic E-state index is 12.4. The van der Waals surface area contributed by atoms with Crippen LogP contribution in [0.4, 0.5) is 5.69 Å². The van der Waals surface area contributed by atoms with Crippen molar-refractivity contribution in [2.75, 3.05) is 5.32 Å². The van der Waals surface area contributed by atoms with E-state index in [1.807, 2.05) is 6.07 Å². The normalized spacial score (nSPS) is 20.9. The van der Waals surface area contributed by atoms with Crippen molar-refractivity contribution in [1.82, 2.24) is 9.13 Å². The molecule has 1 saturated carbocycles. The summed E-state index contributed by atoms with van der Waals surface area (Å²) in [4.78, 5) is 35.3. The highest BCUT2D eigenvalue weighted by Gasteiger charge is 2.29. The number of carbonyl (C=O) groups is 2. The minimum atomic E-state index is -0.774. The molecule has 1 aromatic heterocycles. The molecule has 128 valence electrons. The molecule has 7 nitrogen and oxygen atoms in total. The zero-order valence-corrected chi connectivity index (χ0v) is 13.8. The first-order valence-corrected chi connectivity index (χ1v) is 8.07. The molecule has 7 heteroatoms. The Bertz CT molecular complexity index is 857. The number of hydrogen-bond acceptors (Lipinski definition) is 3. The van der Waals surface area contributed by atoms with E-state index >= 15 is 0 Å². The van der Waals surface area contributed by atoms with Crippen LogP contribution in [0.5, 0.6) is 0 Å². The van der Waals surface area contributed by atoms with Crippen molar-refractivity contribution in [2.24, 2.45) is 25.9 Å². The van der Waals surface area contributed by atoms with Crippen LogP contribution in [0.1, 0.15) is 25.7 Å². The number of aryl methyl sites for hydroxylation is 2. The predicted molar refractivity (Wildman–Crippen MR) is 89.9 cm³/mol. The molecule has 2 aromatic rings. The van der Waals surface area contributed by atoms with Gasteiger partial charge in [-0.2, -0.15) is 0 Å².